The number of carboxylic acid groups (broad SMARTS) is 2. The number of carbonyl (C=O) groups is 3. The maximum atomic E-state index is 13.7. The molecular formula is C42H62O16. The monoisotopic (exact) mass is 822 g/mol. The van der Waals surface area contributed by atoms with E-state index in [4.69, 9.17) is 23.7 Å². The Kier molecular flexibility index (Phi) is 10.5. The second-order valence-corrected chi connectivity index (χ2v) is 19.9. The van der Waals surface area contributed by atoms with Crippen molar-refractivity contribution in [2.45, 2.75) is 172 Å². The first-order chi connectivity index (χ1) is 27.2. The Bertz CT molecular complexity index is 1690. The van der Waals surface area contributed by atoms with E-state index in [0.717, 1.165) is 44.9 Å². The van der Waals surface area contributed by atoms with Gasteiger partial charge in [-0.2, -0.15) is 0 Å². The minimum Gasteiger partial charge on any atom is -0.481 e. The lowest BCUT2D eigenvalue weighted by Gasteiger charge is -2.63. The lowest BCUT2D eigenvalue weighted by molar-refractivity contribution is -0.373. The number of fused-ring (bicyclic) bond motifs is 2. The van der Waals surface area contributed by atoms with E-state index in [0.29, 0.717) is 30.3 Å². The lowest BCUT2D eigenvalue weighted by atomic mass is 9.41. The molecule has 0 aromatic heterocycles. The lowest BCUT2D eigenvalue weighted by Crippen LogP contribution is -2.66. The molecule has 2 spiro atoms. The number of carboxylic acids is 2. The van der Waals surface area contributed by atoms with Crippen LogP contribution >= 0.6 is 0 Å². The maximum Gasteiger partial charge on any atom is 0.335 e. The van der Waals surface area contributed by atoms with Gasteiger partial charge < -0.3 is 64.5 Å². The van der Waals surface area contributed by atoms with Gasteiger partial charge in [0.2, 0.25) is 0 Å². The summed E-state index contributed by atoms with van der Waals surface area (Å²) in [6.45, 7) is 9.83. The van der Waals surface area contributed by atoms with Crippen LogP contribution in [0.15, 0.2) is 11.6 Å². The highest BCUT2D eigenvalue weighted by molar-refractivity contribution is 5.88. The second-order valence-electron chi connectivity index (χ2n) is 19.9. The summed E-state index contributed by atoms with van der Waals surface area (Å²) in [6, 6.07) is 0. The molecule has 8 aliphatic rings. The van der Waals surface area contributed by atoms with Gasteiger partial charge in [-0.15, -0.1) is 0 Å². The van der Waals surface area contributed by atoms with Crippen molar-refractivity contribution in [2.24, 2.45) is 50.7 Å². The Labute approximate surface area is 337 Å². The SMILES string of the molecule is CC1=CC[C@@H]([C@@H](C)[C@H]2CC[C@@]3(C)[C@@H]4CC[C@H]5[C@@](C)(C(=O)O)[C@@H](O[C@@H]6O[C@H](C(=O)O)[C@@H](O)[C@H](O)[C@H]6O[C@@H]6O[C@H](CO)[C@@H](O)[C@H](O)[C@H]6O)CC[C@@]56C[C@@]46CC[C@]23C)OC1=O. The van der Waals surface area contributed by atoms with E-state index in [1.807, 2.05) is 6.08 Å². The molecule has 16 nitrogen and oxygen atoms in total. The molecule has 0 unspecified atom stereocenters. The quantitative estimate of drug-likeness (QED) is 0.121. The van der Waals surface area contributed by atoms with Crippen molar-refractivity contribution in [3.05, 3.63) is 11.6 Å². The summed E-state index contributed by atoms with van der Waals surface area (Å²) in [5.41, 5.74) is -1.11. The number of rotatable bonds is 9. The van der Waals surface area contributed by atoms with Crippen LogP contribution in [0.4, 0.5) is 0 Å². The van der Waals surface area contributed by atoms with Crippen molar-refractivity contribution in [2.75, 3.05) is 6.61 Å². The molecule has 0 aromatic rings. The molecule has 3 heterocycles. The Morgan fingerprint density at radius 3 is 2.16 bits per heavy atom. The van der Waals surface area contributed by atoms with Crippen molar-refractivity contribution >= 4 is 17.9 Å². The van der Waals surface area contributed by atoms with Crippen molar-refractivity contribution in [3.63, 3.8) is 0 Å². The molecule has 2 saturated heterocycles. The average molecular weight is 823 g/mol. The molecule has 5 aliphatic carbocycles. The molecule has 326 valence electrons. The summed E-state index contributed by atoms with van der Waals surface area (Å²) in [5, 5.41) is 84.2. The molecule has 0 aromatic carbocycles. The van der Waals surface area contributed by atoms with Gasteiger partial charge in [0.15, 0.2) is 18.7 Å². The summed E-state index contributed by atoms with van der Waals surface area (Å²) in [4.78, 5) is 38.4. The van der Waals surface area contributed by atoms with Gasteiger partial charge in [-0.1, -0.05) is 26.8 Å². The minimum atomic E-state index is -2.04. The highest BCUT2D eigenvalue weighted by Crippen LogP contribution is 2.89. The number of cyclic esters (lactones) is 1. The van der Waals surface area contributed by atoms with Crippen LogP contribution in [0.25, 0.3) is 0 Å². The van der Waals surface area contributed by atoms with Crippen LogP contribution in [-0.2, 0) is 38.1 Å². The van der Waals surface area contributed by atoms with Gasteiger partial charge in [0.25, 0.3) is 0 Å². The highest BCUT2D eigenvalue weighted by Gasteiger charge is 2.83. The molecule has 8 rings (SSSR count). The normalized spacial score (nSPS) is 54.2. The van der Waals surface area contributed by atoms with Crippen LogP contribution in [0.5, 0.6) is 0 Å². The van der Waals surface area contributed by atoms with E-state index in [2.05, 4.69) is 20.8 Å². The van der Waals surface area contributed by atoms with Crippen molar-refractivity contribution in [1.29, 1.82) is 0 Å². The fourth-order valence-corrected chi connectivity index (χ4v) is 14.5. The molecule has 0 bridgehead atoms. The molecule has 16 heteroatoms. The summed E-state index contributed by atoms with van der Waals surface area (Å²) in [6.07, 6.45) is -9.25. The van der Waals surface area contributed by atoms with Crippen LogP contribution in [0, 0.1) is 50.7 Å². The number of ether oxygens (including phenoxy) is 5. The molecule has 0 radical (unpaired) electrons. The molecule has 5 saturated carbocycles. The van der Waals surface area contributed by atoms with Crippen LogP contribution in [0.1, 0.15) is 98.8 Å². The number of esters is 1. The number of hydrogen-bond donors (Lipinski definition) is 8. The smallest absolute Gasteiger partial charge is 0.335 e. The van der Waals surface area contributed by atoms with Gasteiger partial charge in [0.05, 0.1) is 18.1 Å². The first-order valence-corrected chi connectivity index (χ1v) is 21.2. The molecule has 58 heavy (non-hydrogen) atoms. The molecule has 0 amide bonds. The predicted molar refractivity (Wildman–Crippen MR) is 198 cm³/mol. The number of aliphatic hydroxyl groups is 6. The third kappa shape index (κ3) is 5.79. The number of aliphatic carboxylic acids is 2. The number of hydrogen-bond acceptors (Lipinski definition) is 14. The molecular weight excluding hydrogens is 760 g/mol. The van der Waals surface area contributed by atoms with Gasteiger partial charge in [-0.3, -0.25) is 4.79 Å². The fourth-order valence-electron chi connectivity index (χ4n) is 14.5. The molecule has 7 fully saturated rings. The largest absolute Gasteiger partial charge is 0.481 e. The van der Waals surface area contributed by atoms with Crippen molar-refractivity contribution in [1.82, 2.24) is 0 Å². The van der Waals surface area contributed by atoms with Gasteiger partial charge in [-0.05, 0) is 117 Å². The zero-order valence-electron chi connectivity index (χ0n) is 33.9. The first kappa shape index (κ1) is 42.4. The second kappa shape index (κ2) is 14.4. The highest BCUT2D eigenvalue weighted by atomic mass is 16.8. The zero-order chi connectivity index (χ0) is 42.1. The van der Waals surface area contributed by atoms with Crippen LogP contribution in [0.3, 0.4) is 0 Å². The molecule has 21 atom stereocenters. The minimum absolute atomic E-state index is 0.00375. The van der Waals surface area contributed by atoms with E-state index < -0.39 is 91.5 Å². The van der Waals surface area contributed by atoms with Crippen molar-refractivity contribution in [3.8, 4) is 0 Å². The van der Waals surface area contributed by atoms with Gasteiger partial charge in [0.1, 0.15) is 48.8 Å². The zero-order valence-corrected chi connectivity index (χ0v) is 33.9. The summed E-state index contributed by atoms with van der Waals surface area (Å²) in [5.74, 6) is -2.28. The maximum absolute atomic E-state index is 13.7. The van der Waals surface area contributed by atoms with Gasteiger partial charge in [0, 0.05) is 12.0 Å². The summed E-state index contributed by atoms with van der Waals surface area (Å²) >= 11 is 0. The standard InChI is InChI=1S/C42H62O16/c1-18-6-7-21(54-34(18)51)19(2)20-10-12-39(4)23-8-9-24-40(5,37(52)53)25(11-13-41(24)17-42(23,41)15-14-38(20,39)3)56-36-32(29(47)28(46)31(57-36)33(49)50)58-35-30(48)27(45)26(44)22(16-43)55-35/h6,19-32,35-36,43-48H,7-17H2,1-5H3,(H,49,50)(H,52,53)/t19-,20+,21-,22+,23-,24-,25-,26+,27-,28-,29-,30+,31-,32+,35-,36+,38+,39-,40+,41+,42-/m0/s1. The topological polar surface area (TPSA) is 259 Å². The van der Waals surface area contributed by atoms with Crippen LogP contribution in [0.2, 0.25) is 0 Å². The van der Waals surface area contributed by atoms with E-state index in [1.165, 1.54) is 0 Å². The number of carbonyl (C=O) groups excluding carboxylic acids is 1. The van der Waals surface area contributed by atoms with E-state index >= 15 is 0 Å². The summed E-state index contributed by atoms with van der Waals surface area (Å²) in [7, 11) is 0. The number of aliphatic hydroxyl groups excluding tert-OH is 6. The molecule has 3 aliphatic heterocycles. The van der Waals surface area contributed by atoms with Crippen LogP contribution in [-0.4, -0.2) is 139 Å². The van der Waals surface area contributed by atoms with Crippen LogP contribution < -0.4 is 0 Å². The third-order valence-electron chi connectivity index (χ3n) is 17.9. The van der Waals surface area contributed by atoms with E-state index in [-0.39, 0.29) is 52.0 Å². The van der Waals surface area contributed by atoms with Gasteiger partial charge in [-0.25, -0.2) is 9.59 Å². The fraction of sp³-hybridized carbons (Fsp3) is 0.881. The van der Waals surface area contributed by atoms with E-state index in [9.17, 15) is 55.2 Å². The molecule has 8 N–H and O–H groups in total. The first-order valence-electron chi connectivity index (χ1n) is 21.2. The average Bonchev–Trinajstić information content (AvgIpc) is 3.77. The van der Waals surface area contributed by atoms with Gasteiger partial charge >= 0.3 is 17.9 Å². The van der Waals surface area contributed by atoms with E-state index in [1.54, 1.807) is 13.8 Å². The third-order valence-corrected chi connectivity index (χ3v) is 17.9. The Hall–Kier alpha value is -2.25. The summed E-state index contributed by atoms with van der Waals surface area (Å²) < 4.78 is 29.5. The Morgan fingerprint density at radius 2 is 1.50 bits per heavy atom. The predicted octanol–water partition coefficient (Wildman–Crippen LogP) is 1.49. The van der Waals surface area contributed by atoms with Crippen molar-refractivity contribution < 1.29 is 78.9 Å². The Balaban J connectivity index is 1.04. The Morgan fingerprint density at radius 1 is 0.810 bits per heavy atom.